The molecule has 1 rings (SSSR count). The highest BCUT2D eigenvalue weighted by Gasteiger charge is 2.39. The number of ether oxygens (including phenoxy) is 1. The van der Waals surface area contributed by atoms with Crippen LogP contribution >= 0.6 is 11.6 Å². The van der Waals surface area contributed by atoms with Gasteiger partial charge in [-0.25, -0.2) is 0 Å². The summed E-state index contributed by atoms with van der Waals surface area (Å²) in [5, 5.41) is 0.191. The third-order valence-corrected chi connectivity index (χ3v) is 3.43. The van der Waals surface area contributed by atoms with E-state index in [-0.39, 0.29) is 11.0 Å². The zero-order valence-corrected chi connectivity index (χ0v) is 8.32. The lowest BCUT2D eigenvalue weighted by Crippen LogP contribution is -2.47. The Morgan fingerprint density at radius 2 is 2.18 bits per heavy atom. The van der Waals surface area contributed by atoms with E-state index in [0.29, 0.717) is 5.92 Å². The van der Waals surface area contributed by atoms with E-state index in [1.807, 2.05) is 0 Å². The third kappa shape index (κ3) is 1.70. The Bertz CT molecular complexity index is 136. The summed E-state index contributed by atoms with van der Waals surface area (Å²) in [5.74, 6) is 0.505. The monoisotopic (exact) mass is 176 g/mol. The van der Waals surface area contributed by atoms with Crippen LogP contribution in [0, 0.1) is 5.92 Å². The number of halogens is 1. The van der Waals surface area contributed by atoms with Gasteiger partial charge in [0.25, 0.3) is 0 Å². The normalized spacial score (nSPS) is 39.5. The van der Waals surface area contributed by atoms with Crippen LogP contribution in [0.3, 0.4) is 0 Å². The molecule has 0 aromatic heterocycles. The topological polar surface area (TPSA) is 9.23 Å². The van der Waals surface area contributed by atoms with Crippen molar-refractivity contribution in [3.8, 4) is 0 Å². The van der Waals surface area contributed by atoms with E-state index in [1.54, 1.807) is 0 Å². The predicted octanol–water partition coefficient (Wildman–Crippen LogP) is 2.82. The minimum Gasteiger partial charge on any atom is -0.373 e. The van der Waals surface area contributed by atoms with Crippen molar-refractivity contribution in [2.24, 2.45) is 5.92 Å². The van der Waals surface area contributed by atoms with Gasteiger partial charge in [0.15, 0.2) is 0 Å². The molecule has 0 bridgehead atoms. The predicted molar refractivity (Wildman–Crippen MR) is 48.1 cm³/mol. The molecular formula is C9H17ClO. The highest BCUT2D eigenvalue weighted by molar-refractivity contribution is 6.21. The average molecular weight is 177 g/mol. The highest BCUT2D eigenvalue weighted by Crippen LogP contribution is 2.35. The number of hydrogen-bond acceptors (Lipinski definition) is 1. The van der Waals surface area contributed by atoms with Crippen LogP contribution in [-0.4, -0.2) is 17.6 Å². The van der Waals surface area contributed by atoms with E-state index in [1.165, 1.54) is 0 Å². The Morgan fingerprint density at radius 3 is 2.55 bits per heavy atom. The summed E-state index contributed by atoms with van der Waals surface area (Å²) in [7, 11) is 0. The van der Waals surface area contributed by atoms with Gasteiger partial charge < -0.3 is 4.74 Å². The van der Waals surface area contributed by atoms with Gasteiger partial charge in [0, 0.05) is 6.61 Å². The first-order valence-corrected chi connectivity index (χ1v) is 4.79. The molecule has 2 heteroatoms. The van der Waals surface area contributed by atoms with Crippen molar-refractivity contribution in [1.29, 1.82) is 0 Å². The molecule has 66 valence electrons. The lowest BCUT2D eigenvalue weighted by atomic mass is 9.85. The maximum absolute atomic E-state index is 6.19. The van der Waals surface area contributed by atoms with Gasteiger partial charge >= 0.3 is 0 Å². The molecule has 0 aliphatic carbocycles. The van der Waals surface area contributed by atoms with Crippen molar-refractivity contribution in [2.45, 2.75) is 44.6 Å². The zero-order chi connectivity index (χ0) is 8.48. The maximum atomic E-state index is 6.19. The number of hydrogen-bond donors (Lipinski definition) is 0. The van der Waals surface area contributed by atoms with Crippen molar-refractivity contribution in [2.75, 3.05) is 6.61 Å². The number of rotatable bonds is 1. The minimum absolute atomic E-state index is 0.0974. The first-order valence-electron chi connectivity index (χ1n) is 4.35. The van der Waals surface area contributed by atoms with Crippen molar-refractivity contribution >= 4 is 11.6 Å². The third-order valence-electron chi connectivity index (χ3n) is 2.78. The Morgan fingerprint density at radius 1 is 1.55 bits per heavy atom. The van der Waals surface area contributed by atoms with Gasteiger partial charge in [-0.15, -0.1) is 11.6 Å². The highest BCUT2D eigenvalue weighted by atomic mass is 35.5. The van der Waals surface area contributed by atoms with Crippen molar-refractivity contribution in [3.63, 3.8) is 0 Å². The fourth-order valence-electron chi connectivity index (χ4n) is 1.46. The summed E-state index contributed by atoms with van der Waals surface area (Å²) in [4.78, 5) is 0. The van der Waals surface area contributed by atoms with E-state index < -0.39 is 0 Å². The van der Waals surface area contributed by atoms with E-state index >= 15 is 0 Å². The largest absolute Gasteiger partial charge is 0.373 e. The van der Waals surface area contributed by atoms with E-state index in [9.17, 15) is 0 Å². The molecule has 11 heavy (non-hydrogen) atoms. The van der Waals surface area contributed by atoms with E-state index in [4.69, 9.17) is 16.3 Å². The van der Waals surface area contributed by atoms with Crippen LogP contribution in [0.2, 0.25) is 0 Å². The maximum Gasteiger partial charge on any atom is 0.0840 e. The molecule has 2 atom stereocenters. The van der Waals surface area contributed by atoms with Crippen molar-refractivity contribution < 1.29 is 4.74 Å². The Labute approximate surface area is 74.1 Å². The molecule has 0 aromatic rings. The van der Waals surface area contributed by atoms with Gasteiger partial charge in [-0.05, 0) is 25.7 Å². The fourth-order valence-corrected chi connectivity index (χ4v) is 1.93. The zero-order valence-electron chi connectivity index (χ0n) is 7.56. The SMILES string of the molecule is CC(C)C1(C)OCCCC1Cl. The van der Waals surface area contributed by atoms with Gasteiger partial charge in [0.1, 0.15) is 0 Å². The van der Waals surface area contributed by atoms with Crippen LogP contribution in [-0.2, 0) is 4.74 Å². The van der Waals surface area contributed by atoms with Gasteiger partial charge in [0.2, 0.25) is 0 Å². The standard InChI is InChI=1S/C9H17ClO/c1-7(2)9(3)8(10)5-4-6-11-9/h7-8H,4-6H2,1-3H3. The molecule has 0 amide bonds. The smallest absolute Gasteiger partial charge is 0.0840 e. The molecule has 1 heterocycles. The fraction of sp³-hybridized carbons (Fsp3) is 1.00. The van der Waals surface area contributed by atoms with Crippen LogP contribution in [0.4, 0.5) is 0 Å². The van der Waals surface area contributed by atoms with Crippen molar-refractivity contribution in [3.05, 3.63) is 0 Å². The number of alkyl halides is 1. The molecule has 0 radical (unpaired) electrons. The first kappa shape index (κ1) is 9.34. The van der Waals surface area contributed by atoms with Gasteiger partial charge in [0.05, 0.1) is 11.0 Å². The average Bonchev–Trinajstić information content (AvgIpc) is 1.95. The molecule has 1 aliphatic heterocycles. The summed E-state index contributed by atoms with van der Waals surface area (Å²) in [6, 6.07) is 0. The molecule has 1 aliphatic rings. The lowest BCUT2D eigenvalue weighted by Gasteiger charge is -2.41. The van der Waals surface area contributed by atoms with Crippen LogP contribution in [0.5, 0.6) is 0 Å². The molecular weight excluding hydrogens is 160 g/mol. The lowest BCUT2D eigenvalue weighted by molar-refractivity contribution is -0.0909. The molecule has 0 N–H and O–H groups in total. The molecule has 0 saturated carbocycles. The minimum atomic E-state index is -0.0974. The van der Waals surface area contributed by atoms with Crippen LogP contribution in [0.25, 0.3) is 0 Å². The van der Waals surface area contributed by atoms with Crippen LogP contribution in [0.1, 0.15) is 33.6 Å². The van der Waals surface area contributed by atoms with Crippen LogP contribution in [0.15, 0.2) is 0 Å². The van der Waals surface area contributed by atoms with Gasteiger partial charge in [-0.1, -0.05) is 13.8 Å². The summed E-state index contributed by atoms with van der Waals surface area (Å²) >= 11 is 6.19. The molecule has 1 nitrogen and oxygen atoms in total. The Balaban J connectivity index is 2.64. The summed E-state index contributed by atoms with van der Waals surface area (Å²) in [6.07, 6.45) is 2.20. The summed E-state index contributed by atoms with van der Waals surface area (Å²) < 4.78 is 5.71. The van der Waals surface area contributed by atoms with Gasteiger partial charge in [-0.2, -0.15) is 0 Å². The Hall–Kier alpha value is 0.250. The second kappa shape index (κ2) is 3.32. The van der Waals surface area contributed by atoms with Gasteiger partial charge in [-0.3, -0.25) is 0 Å². The second-order valence-electron chi connectivity index (χ2n) is 3.80. The molecule has 1 saturated heterocycles. The summed E-state index contributed by atoms with van der Waals surface area (Å²) in [6.45, 7) is 7.33. The first-order chi connectivity index (χ1) is 5.07. The Kier molecular flexibility index (Phi) is 2.82. The second-order valence-corrected chi connectivity index (χ2v) is 4.32. The van der Waals surface area contributed by atoms with Crippen LogP contribution < -0.4 is 0 Å². The molecule has 1 fully saturated rings. The van der Waals surface area contributed by atoms with E-state index in [2.05, 4.69) is 20.8 Å². The molecule has 0 aromatic carbocycles. The quantitative estimate of drug-likeness (QED) is 0.559. The molecule has 2 unspecified atom stereocenters. The molecule has 0 spiro atoms. The summed E-state index contributed by atoms with van der Waals surface area (Å²) in [5.41, 5.74) is -0.0974. The van der Waals surface area contributed by atoms with Crippen molar-refractivity contribution in [1.82, 2.24) is 0 Å². The van der Waals surface area contributed by atoms with E-state index in [0.717, 1.165) is 19.4 Å².